The fraction of sp³-hybridized carbons (Fsp3) is 0.176. The number of hydrogen-bond acceptors (Lipinski definition) is 2. The molecule has 0 radical (unpaired) electrons. The van der Waals surface area contributed by atoms with Gasteiger partial charge in [-0.25, -0.2) is 0 Å². The van der Waals surface area contributed by atoms with Crippen LogP contribution in [0.4, 0.5) is 5.69 Å². The Labute approximate surface area is 130 Å². The van der Waals surface area contributed by atoms with E-state index in [1.807, 2.05) is 57.2 Å². The summed E-state index contributed by atoms with van der Waals surface area (Å²) in [5.74, 6) is -0.207. The van der Waals surface area contributed by atoms with Crippen LogP contribution in [0, 0.1) is 20.8 Å². The maximum absolute atomic E-state index is 12.1. The van der Waals surface area contributed by atoms with Crippen LogP contribution in [-0.4, -0.2) is 11.0 Å². The smallest absolute Gasteiger partial charge is 0.257 e. The Kier molecular flexibility index (Phi) is 4.70. The first-order valence-corrected chi connectivity index (χ1v) is 7.13. The molecule has 2 aromatic carbocycles. The second-order valence-corrected chi connectivity index (χ2v) is 5.43. The number of aryl methyl sites for hydroxylation is 2. The van der Waals surface area contributed by atoms with Crippen LogP contribution >= 0.6 is 12.2 Å². The first-order chi connectivity index (χ1) is 9.97. The Bertz CT molecular complexity index is 695. The van der Waals surface area contributed by atoms with Crippen molar-refractivity contribution in [2.24, 2.45) is 0 Å². The molecule has 1 amide bonds. The third-order valence-electron chi connectivity index (χ3n) is 3.36. The summed E-state index contributed by atoms with van der Waals surface area (Å²) in [4.78, 5) is 12.1. The van der Waals surface area contributed by atoms with E-state index in [-0.39, 0.29) is 5.91 Å². The van der Waals surface area contributed by atoms with Gasteiger partial charge in [0.25, 0.3) is 5.91 Å². The Morgan fingerprint density at radius 3 is 2.48 bits per heavy atom. The van der Waals surface area contributed by atoms with Crippen molar-refractivity contribution in [2.45, 2.75) is 20.8 Å². The summed E-state index contributed by atoms with van der Waals surface area (Å²) in [5.41, 5.74) is 4.83. The largest absolute Gasteiger partial charge is 0.332 e. The third-order valence-corrected chi connectivity index (χ3v) is 3.56. The second-order valence-electron chi connectivity index (χ2n) is 5.03. The van der Waals surface area contributed by atoms with Crippen molar-refractivity contribution in [3.63, 3.8) is 0 Å². The second kappa shape index (κ2) is 6.50. The minimum absolute atomic E-state index is 0.207. The quantitative estimate of drug-likeness (QED) is 0.830. The number of carbonyl (C=O) groups excluding carboxylic acids is 1. The monoisotopic (exact) mass is 298 g/mol. The van der Waals surface area contributed by atoms with E-state index in [0.29, 0.717) is 10.7 Å². The van der Waals surface area contributed by atoms with Gasteiger partial charge >= 0.3 is 0 Å². The van der Waals surface area contributed by atoms with E-state index in [2.05, 4.69) is 10.6 Å². The number of benzene rings is 2. The van der Waals surface area contributed by atoms with Crippen molar-refractivity contribution in [3.8, 4) is 0 Å². The zero-order valence-electron chi connectivity index (χ0n) is 12.4. The molecule has 0 aliphatic carbocycles. The van der Waals surface area contributed by atoms with Gasteiger partial charge in [-0.2, -0.15) is 0 Å². The number of nitrogens with one attached hydrogen (secondary N) is 2. The van der Waals surface area contributed by atoms with Crippen molar-refractivity contribution in [3.05, 3.63) is 64.7 Å². The van der Waals surface area contributed by atoms with Gasteiger partial charge in [-0.3, -0.25) is 10.1 Å². The summed E-state index contributed by atoms with van der Waals surface area (Å²) in [6.45, 7) is 6.00. The first-order valence-electron chi connectivity index (χ1n) is 6.72. The molecule has 0 aromatic heterocycles. The lowest BCUT2D eigenvalue weighted by atomic mass is 10.1. The van der Waals surface area contributed by atoms with Gasteiger partial charge in [0, 0.05) is 11.3 Å². The van der Waals surface area contributed by atoms with Crippen LogP contribution in [0.25, 0.3) is 0 Å². The number of hydrogen-bond donors (Lipinski definition) is 2. The summed E-state index contributed by atoms with van der Waals surface area (Å²) in [6, 6.07) is 13.3. The first kappa shape index (κ1) is 15.2. The lowest BCUT2D eigenvalue weighted by Gasteiger charge is -2.13. The molecule has 0 bridgehead atoms. The van der Waals surface area contributed by atoms with Gasteiger partial charge in [0.2, 0.25) is 0 Å². The van der Waals surface area contributed by atoms with E-state index in [4.69, 9.17) is 12.2 Å². The molecule has 2 aromatic rings. The van der Waals surface area contributed by atoms with Crippen LogP contribution in [-0.2, 0) is 0 Å². The molecule has 2 rings (SSSR count). The molecule has 2 N–H and O–H groups in total. The highest BCUT2D eigenvalue weighted by Crippen LogP contribution is 2.17. The highest BCUT2D eigenvalue weighted by molar-refractivity contribution is 7.80. The van der Waals surface area contributed by atoms with E-state index < -0.39 is 0 Å². The molecule has 108 valence electrons. The SMILES string of the molecule is Cc1cccc(C(=O)NC(=S)Nc2cccc(C)c2C)c1. The van der Waals surface area contributed by atoms with Crippen molar-refractivity contribution in [1.82, 2.24) is 5.32 Å². The number of thiocarbonyl (C=S) groups is 1. The lowest BCUT2D eigenvalue weighted by molar-refractivity contribution is 0.0977. The average molecular weight is 298 g/mol. The molecule has 0 spiro atoms. The van der Waals surface area contributed by atoms with Gasteiger partial charge in [0.15, 0.2) is 5.11 Å². The minimum atomic E-state index is -0.207. The Hall–Kier alpha value is -2.20. The summed E-state index contributed by atoms with van der Waals surface area (Å²) in [7, 11) is 0. The van der Waals surface area contributed by atoms with Crippen LogP contribution in [0.5, 0.6) is 0 Å². The Balaban J connectivity index is 2.05. The maximum atomic E-state index is 12.1. The van der Waals surface area contributed by atoms with E-state index in [0.717, 1.165) is 16.8 Å². The molecule has 3 nitrogen and oxygen atoms in total. The number of carbonyl (C=O) groups is 1. The molecular weight excluding hydrogens is 280 g/mol. The molecule has 21 heavy (non-hydrogen) atoms. The van der Waals surface area contributed by atoms with Crippen molar-refractivity contribution < 1.29 is 4.79 Å². The fourth-order valence-corrected chi connectivity index (χ4v) is 2.20. The van der Waals surface area contributed by atoms with Gasteiger partial charge < -0.3 is 5.32 Å². The predicted octanol–water partition coefficient (Wildman–Crippen LogP) is 3.74. The number of amides is 1. The molecule has 4 heteroatoms. The van der Waals surface area contributed by atoms with Crippen LogP contribution in [0.3, 0.4) is 0 Å². The molecular formula is C17H18N2OS. The minimum Gasteiger partial charge on any atom is -0.332 e. The summed E-state index contributed by atoms with van der Waals surface area (Å²) in [6.07, 6.45) is 0. The normalized spacial score (nSPS) is 10.0. The van der Waals surface area contributed by atoms with Gasteiger partial charge in [0.1, 0.15) is 0 Å². The van der Waals surface area contributed by atoms with Crippen molar-refractivity contribution in [1.29, 1.82) is 0 Å². The summed E-state index contributed by atoms with van der Waals surface area (Å²) >= 11 is 5.20. The Morgan fingerprint density at radius 2 is 1.76 bits per heavy atom. The molecule has 0 atom stereocenters. The molecule has 0 unspecified atom stereocenters. The zero-order valence-corrected chi connectivity index (χ0v) is 13.2. The predicted molar refractivity (Wildman–Crippen MR) is 90.8 cm³/mol. The van der Waals surface area contributed by atoms with Gasteiger partial charge in [-0.05, 0) is 62.3 Å². The number of rotatable bonds is 2. The zero-order chi connectivity index (χ0) is 15.4. The van der Waals surface area contributed by atoms with Crippen LogP contribution in [0.1, 0.15) is 27.0 Å². The van der Waals surface area contributed by atoms with E-state index in [1.165, 1.54) is 5.56 Å². The lowest BCUT2D eigenvalue weighted by Crippen LogP contribution is -2.34. The van der Waals surface area contributed by atoms with Crippen molar-refractivity contribution in [2.75, 3.05) is 5.32 Å². The molecule has 0 saturated carbocycles. The summed E-state index contributed by atoms with van der Waals surface area (Å²) < 4.78 is 0. The third kappa shape index (κ3) is 3.89. The molecule has 0 saturated heterocycles. The highest BCUT2D eigenvalue weighted by Gasteiger charge is 2.09. The molecule has 0 aliphatic heterocycles. The maximum Gasteiger partial charge on any atom is 0.257 e. The van der Waals surface area contributed by atoms with Gasteiger partial charge in [-0.15, -0.1) is 0 Å². The standard InChI is InChI=1S/C17H18N2OS/c1-11-6-4-8-14(10-11)16(20)19-17(21)18-15-9-5-7-12(2)13(15)3/h4-10H,1-3H3,(H2,18,19,20,21). The molecule has 0 heterocycles. The number of anilines is 1. The summed E-state index contributed by atoms with van der Waals surface area (Å²) in [5, 5.41) is 6.07. The highest BCUT2D eigenvalue weighted by atomic mass is 32.1. The topological polar surface area (TPSA) is 41.1 Å². The van der Waals surface area contributed by atoms with Gasteiger partial charge in [0.05, 0.1) is 0 Å². The molecule has 0 fully saturated rings. The van der Waals surface area contributed by atoms with Crippen LogP contribution in [0.15, 0.2) is 42.5 Å². The van der Waals surface area contributed by atoms with E-state index in [1.54, 1.807) is 6.07 Å². The van der Waals surface area contributed by atoms with Crippen LogP contribution in [0.2, 0.25) is 0 Å². The average Bonchev–Trinajstić information content (AvgIpc) is 2.44. The van der Waals surface area contributed by atoms with E-state index in [9.17, 15) is 4.79 Å². The van der Waals surface area contributed by atoms with Crippen LogP contribution < -0.4 is 10.6 Å². The molecule has 0 aliphatic rings. The Morgan fingerprint density at radius 1 is 1.05 bits per heavy atom. The van der Waals surface area contributed by atoms with E-state index >= 15 is 0 Å². The van der Waals surface area contributed by atoms with Gasteiger partial charge in [-0.1, -0.05) is 29.8 Å². The fourth-order valence-electron chi connectivity index (χ4n) is 2.00. The van der Waals surface area contributed by atoms with Crippen molar-refractivity contribution >= 4 is 28.9 Å².